The van der Waals surface area contributed by atoms with Crippen molar-refractivity contribution >= 4 is 17.3 Å². The van der Waals surface area contributed by atoms with E-state index in [0.717, 1.165) is 22.7 Å². The molecule has 4 aromatic rings. The van der Waals surface area contributed by atoms with Crippen molar-refractivity contribution in [2.45, 2.75) is 20.4 Å². The van der Waals surface area contributed by atoms with Gasteiger partial charge in [0, 0.05) is 17.4 Å². The highest BCUT2D eigenvalue weighted by atomic mass is 16.5. The Morgan fingerprint density at radius 3 is 2.57 bits per heavy atom. The molecule has 0 spiro atoms. The van der Waals surface area contributed by atoms with Crippen LogP contribution in [0.5, 0.6) is 5.75 Å². The van der Waals surface area contributed by atoms with Gasteiger partial charge in [-0.3, -0.25) is 0 Å². The Hall–Kier alpha value is -3.61. The molecule has 7 heteroatoms. The van der Waals surface area contributed by atoms with Crippen molar-refractivity contribution in [3.8, 4) is 5.75 Å². The van der Waals surface area contributed by atoms with Gasteiger partial charge in [0.2, 0.25) is 0 Å². The average Bonchev–Trinajstić information content (AvgIpc) is 3.00. The molecular formula is C21H21N5O2. The van der Waals surface area contributed by atoms with Crippen LogP contribution in [-0.4, -0.2) is 25.8 Å². The largest absolute Gasteiger partial charge is 0.492 e. The summed E-state index contributed by atoms with van der Waals surface area (Å²) in [6, 6.07) is 19.3. The second kappa shape index (κ2) is 7.56. The van der Waals surface area contributed by atoms with Gasteiger partial charge in [-0.2, -0.15) is 4.98 Å². The summed E-state index contributed by atoms with van der Waals surface area (Å²) in [6.07, 6.45) is 0. The first-order valence-electron chi connectivity index (χ1n) is 9.09. The molecule has 0 unspecified atom stereocenters. The van der Waals surface area contributed by atoms with Crippen LogP contribution in [0.2, 0.25) is 0 Å². The Labute approximate surface area is 162 Å². The maximum Gasteiger partial charge on any atom is 0.351 e. The van der Waals surface area contributed by atoms with Crippen molar-refractivity contribution in [3.05, 3.63) is 82.4 Å². The first kappa shape index (κ1) is 17.8. The summed E-state index contributed by atoms with van der Waals surface area (Å²) in [4.78, 5) is 17.2. The van der Waals surface area contributed by atoms with Crippen LogP contribution in [0.3, 0.4) is 0 Å². The van der Waals surface area contributed by atoms with Gasteiger partial charge in [-0.1, -0.05) is 36.4 Å². The van der Waals surface area contributed by atoms with Crippen LogP contribution in [0.15, 0.2) is 65.5 Å². The summed E-state index contributed by atoms with van der Waals surface area (Å²) in [5, 5.41) is 7.66. The molecule has 2 aromatic carbocycles. The minimum Gasteiger partial charge on any atom is -0.492 e. The Bertz CT molecular complexity index is 1160. The minimum atomic E-state index is -0.223. The van der Waals surface area contributed by atoms with Gasteiger partial charge in [0.05, 0.1) is 6.54 Å². The van der Waals surface area contributed by atoms with E-state index in [1.807, 2.05) is 74.5 Å². The summed E-state index contributed by atoms with van der Waals surface area (Å²) >= 11 is 0. The second-order valence-corrected chi connectivity index (χ2v) is 6.53. The second-order valence-electron chi connectivity index (χ2n) is 6.53. The summed E-state index contributed by atoms with van der Waals surface area (Å²) in [5.41, 5.74) is 2.63. The van der Waals surface area contributed by atoms with Crippen LogP contribution in [0.25, 0.3) is 5.78 Å². The van der Waals surface area contributed by atoms with Crippen molar-refractivity contribution < 1.29 is 4.74 Å². The summed E-state index contributed by atoms with van der Waals surface area (Å²) in [7, 11) is 0. The fourth-order valence-corrected chi connectivity index (χ4v) is 3.01. The first-order chi connectivity index (χ1) is 13.6. The number of nitrogens with zero attached hydrogens (tertiary/aromatic N) is 4. The number of aryl methyl sites for hydroxylation is 2. The van der Waals surface area contributed by atoms with E-state index in [2.05, 4.69) is 15.4 Å². The van der Waals surface area contributed by atoms with Gasteiger partial charge in [0.15, 0.2) is 0 Å². The fraction of sp³-hybridized carbons (Fsp3) is 0.190. The first-order valence-corrected chi connectivity index (χ1v) is 9.09. The topological polar surface area (TPSA) is 73.5 Å². The van der Waals surface area contributed by atoms with Crippen molar-refractivity contribution in [2.24, 2.45) is 0 Å². The van der Waals surface area contributed by atoms with Crippen molar-refractivity contribution in [2.75, 3.05) is 11.9 Å². The molecule has 0 bridgehead atoms. The van der Waals surface area contributed by atoms with E-state index in [-0.39, 0.29) is 5.69 Å². The van der Waals surface area contributed by atoms with E-state index >= 15 is 0 Å². The molecule has 7 nitrogen and oxygen atoms in total. The molecule has 0 fully saturated rings. The lowest BCUT2D eigenvalue weighted by Crippen LogP contribution is -2.24. The predicted molar refractivity (Wildman–Crippen MR) is 108 cm³/mol. The maximum atomic E-state index is 12.7. The monoisotopic (exact) mass is 375 g/mol. The standard InChI is InChI=1S/C21H21N5O2/c1-15-8-6-7-11-18(15)22-19-14-16(2)26-20(23-19)24-25(21(26)27)12-13-28-17-9-4-3-5-10-17/h3-11,14H,12-13H2,1-2H3,(H,22,23,24). The van der Waals surface area contributed by atoms with Gasteiger partial charge in [0.25, 0.3) is 5.78 Å². The van der Waals surface area contributed by atoms with Gasteiger partial charge >= 0.3 is 5.69 Å². The molecule has 0 aliphatic rings. The highest BCUT2D eigenvalue weighted by molar-refractivity contribution is 5.61. The predicted octanol–water partition coefficient (Wildman–Crippen LogP) is 3.33. The molecule has 0 radical (unpaired) electrons. The zero-order valence-corrected chi connectivity index (χ0v) is 15.8. The third kappa shape index (κ3) is 3.59. The van der Waals surface area contributed by atoms with Gasteiger partial charge in [-0.15, -0.1) is 5.10 Å². The number of fused-ring (bicyclic) bond motifs is 1. The maximum absolute atomic E-state index is 12.7. The number of hydrogen-bond acceptors (Lipinski definition) is 5. The van der Waals surface area contributed by atoms with Crippen LogP contribution in [0.1, 0.15) is 11.3 Å². The van der Waals surface area contributed by atoms with Crippen LogP contribution in [0, 0.1) is 13.8 Å². The smallest absolute Gasteiger partial charge is 0.351 e. The highest BCUT2D eigenvalue weighted by Gasteiger charge is 2.12. The number of anilines is 2. The zero-order chi connectivity index (χ0) is 19.5. The minimum absolute atomic E-state index is 0.223. The lowest BCUT2D eigenvalue weighted by molar-refractivity contribution is 0.289. The quantitative estimate of drug-likeness (QED) is 0.560. The number of benzene rings is 2. The molecule has 28 heavy (non-hydrogen) atoms. The molecule has 0 saturated heterocycles. The molecule has 0 aliphatic carbocycles. The third-order valence-corrected chi connectivity index (χ3v) is 4.46. The van der Waals surface area contributed by atoms with Crippen LogP contribution in [0.4, 0.5) is 11.5 Å². The van der Waals surface area contributed by atoms with E-state index in [1.54, 1.807) is 0 Å². The molecule has 2 heterocycles. The Kier molecular flexibility index (Phi) is 4.80. The van der Waals surface area contributed by atoms with Gasteiger partial charge in [-0.05, 0) is 37.6 Å². The molecule has 0 amide bonds. The fourth-order valence-electron chi connectivity index (χ4n) is 3.01. The van der Waals surface area contributed by atoms with Crippen molar-refractivity contribution in [3.63, 3.8) is 0 Å². The summed E-state index contributed by atoms with van der Waals surface area (Å²) < 4.78 is 8.56. The number of aromatic nitrogens is 4. The van der Waals surface area contributed by atoms with Crippen molar-refractivity contribution in [1.82, 2.24) is 19.2 Å². The molecule has 1 N–H and O–H groups in total. The number of hydrogen-bond donors (Lipinski definition) is 1. The number of rotatable bonds is 6. The van der Waals surface area contributed by atoms with E-state index in [1.165, 1.54) is 9.08 Å². The van der Waals surface area contributed by atoms with E-state index in [4.69, 9.17) is 4.74 Å². The summed E-state index contributed by atoms with van der Waals surface area (Å²) in [6.45, 7) is 4.59. The molecular weight excluding hydrogens is 354 g/mol. The van der Waals surface area contributed by atoms with E-state index in [0.29, 0.717) is 24.7 Å². The van der Waals surface area contributed by atoms with Crippen LogP contribution >= 0.6 is 0 Å². The number of ether oxygens (including phenoxy) is 1. The SMILES string of the molecule is Cc1ccccc1Nc1cc(C)n2c(=O)n(CCOc3ccccc3)nc2n1. The van der Waals surface area contributed by atoms with E-state index in [9.17, 15) is 4.79 Å². The third-order valence-electron chi connectivity index (χ3n) is 4.46. The van der Waals surface area contributed by atoms with Gasteiger partial charge in [0.1, 0.15) is 18.2 Å². The molecule has 142 valence electrons. The van der Waals surface area contributed by atoms with Crippen LogP contribution in [-0.2, 0) is 6.54 Å². The lowest BCUT2D eigenvalue weighted by Gasteiger charge is -2.09. The molecule has 2 aromatic heterocycles. The van der Waals surface area contributed by atoms with Crippen molar-refractivity contribution in [1.29, 1.82) is 0 Å². The molecule has 0 atom stereocenters. The molecule has 0 aliphatic heterocycles. The lowest BCUT2D eigenvalue weighted by atomic mass is 10.2. The Balaban J connectivity index is 1.56. The number of para-hydroxylation sites is 2. The normalized spacial score (nSPS) is 10.9. The molecule has 0 saturated carbocycles. The number of nitrogens with one attached hydrogen (secondary N) is 1. The zero-order valence-electron chi connectivity index (χ0n) is 15.8. The van der Waals surface area contributed by atoms with Crippen LogP contribution < -0.4 is 15.7 Å². The molecule has 4 rings (SSSR count). The summed E-state index contributed by atoms with van der Waals surface area (Å²) in [5.74, 6) is 1.77. The highest BCUT2D eigenvalue weighted by Crippen LogP contribution is 2.19. The Morgan fingerprint density at radius 1 is 1.04 bits per heavy atom. The van der Waals surface area contributed by atoms with Gasteiger partial charge in [-0.25, -0.2) is 13.9 Å². The Morgan fingerprint density at radius 2 is 1.79 bits per heavy atom. The van der Waals surface area contributed by atoms with Gasteiger partial charge < -0.3 is 10.1 Å². The average molecular weight is 375 g/mol. The van der Waals surface area contributed by atoms with E-state index < -0.39 is 0 Å².